The van der Waals surface area contributed by atoms with Crippen molar-refractivity contribution in [2.24, 2.45) is 0 Å². The van der Waals surface area contributed by atoms with Gasteiger partial charge in [0.05, 0.1) is 12.2 Å². The Labute approximate surface area is 120 Å². The van der Waals surface area contributed by atoms with Crippen LogP contribution in [0.25, 0.3) is 11.1 Å². The second-order valence-corrected chi connectivity index (χ2v) is 5.59. The third kappa shape index (κ3) is 2.92. The first-order valence-corrected chi connectivity index (χ1v) is 7.25. The van der Waals surface area contributed by atoms with Crippen LogP contribution in [0.15, 0.2) is 48.5 Å². The van der Waals surface area contributed by atoms with Gasteiger partial charge in [0.25, 0.3) is 0 Å². The van der Waals surface area contributed by atoms with Crippen molar-refractivity contribution in [2.75, 3.05) is 13.1 Å². The SMILES string of the molecule is Cc1cccc(-c2ccc(C3CNCC(C)O3)cc2)c1. The van der Waals surface area contributed by atoms with Gasteiger partial charge in [-0.05, 0) is 30.5 Å². The predicted octanol–water partition coefficient (Wildman–Crippen LogP) is 3.71. The van der Waals surface area contributed by atoms with Gasteiger partial charge in [0.1, 0.15) is 0 Å². The van der Waals surface area contributed by atoms with Crippen LogP contribution >= 0.6 is 0 Å². The minimum atomic E-state index is 0.172. The number of hydrogen-bond donors (Lipinski definition) is 1. The summed E-state index contributed by atoms with van der Waals surface area (Å²) in [5.41, 5.74) is 5.07. The van der Waals surface area contributed by atoms with Crippen molar-refractivity contribution < 1.29 is 4.74 Å². The van der Waals surface area contributed by atoms with Crippen molar-refractivity contribution in [1.82, 2.24) is 5.32 Å². The van der Waals surface area contributed by atoms with Gasteiger partial charge in [0, 0.05) is 13.1 Å². The Balaban J connectivity index is 1.80. The lowest BCUT2D eigenvalue weighted by atomic mass is 10.00. The Morgan fingerprint density at radius 2 is 1.80 bits per heavy atom. The highest BCUT2D eigenvalue weighted by atomic mass is 16.5. The molecular weight excluding hydrogens is 246 g/mol. The normalized spacial score (nSPS) is 22.7. The minimum Gasteiger partial charge on any atom is -0.368 e. The van der Waals surface area contributed by atoms with Gasteiger partial charge in [0.15, 0.2) is 0 Å². The fourth-order valence-corrected chi connectivity index (χ4v) is 2.71. The second kappa shape index (κ2) is 5.78. The molecule has 0 aromatic heterocycles. The highest BCUT2D eigenvalue weighted by molar-refractivity contribution is 5.64. The number of morpholine rings is 1. The number of rotatable bonds is 2. The van der Waals surface area contributed by atoms with Crippen molar-refractivity contribution in [3.63, 3.8) is 0 Å². The van der Waals surface area contributed by atoms with E-state index in [-0.39, 0.29) is 12.2 Å². The van der Waals surface area contributed by atoms with Crippen molar-refractivity contribution in [2.45, 2.75) is 26.1 Å². The van der Waals surface area contributed by atoms with Crippen LogP contribution in [0.3, 0.4) is 0 Å². The first-order chi connectivity index (χ1) is 9.72. The maximum absolute atomic E-state index is 5.97. The average Bonchev–Trinajstić information content (AvgIpc) is 2.47. The van der Waals surface area contributed by atoms with E-state index in [1.165, 1.54) is 22.3 Å². The summed E-state index contributed by atoms with van der Waals surface area (Å²) in [5, 5.41) is 3.41. The molecule has 1 aliphatic rings. The first-order valence-electron chi connectivity index (χ1n) is 7.25. The van der Waals surface area contributed by atoms with E-state index in [0.29, 0.717) is 0 Å². The molecule has 1 aliphatic heterocycles. The second-order valence-electron chi connectivity index (χ2n) is 5.59. The molecule has 1 heterocycles. The Morgan fingerprint density at radius 3 is 2.50 bits per heavy atom. The molecule has 0 bridgehead atoms. The maximum Gasteiger partial charge on any atom is 0.0953 e. The van der Waals surface area contributed by atoms with Crippen molar-refractivity contribution >= 4 is 0 Å². The monoisotopic (exact) mass is 267 g/mol. The molecule has 1 fully saturated rings. The summed E-state index contributed by atoms with van der Waals surface area (Å²) in [4.78, 5) is 0. The first kappa shape index (κ1) is 13.3. The predicted molar refractivity (Wildman–Crippen MR) is 82.8 cm³/mol. The number of hydrogen-bond acceptors (Lipinski definition) is 2. The van der Waals surface area contributed by atoms with Gasteiger partial charge in [-0.2, -0.15) is 0 Å². The average molecular weight is 267 g/mol. The number of benzene rings is 2. The fourth-order valence-electron chi connectivity index (χ4n) is 2.71. The molecule has 1 N–H and O–H groups in total. The van der Waals surface area contributed by atoms with E-state index in [4.69, 9.17) is 4.74 Å². The van der Waals surface area contributed by atoms with Crippen LogP contribution in [0.1, 0.15) is 24.2 Å². The summed E-state index contributed by atoms with van der Waals surface area (Å²) in [7, 11) is 0. The van der Waals surface area contributed by atoms with E-state index < -0.39 is 0 Å². The van der Waals surface area contributed by atoms with E-state index in [2.05, 4.69) is 67.7 Å². The summed E-state index contributed by atoms with van der Waals surface area (Å²) < 4.78 is 5.97. The quantitative estimate of drug-likeness (QED) is 0.895. The lowest BCUT2D eigenvalue weighted by Gasteiger charge is -2.29. The van der Waals surface area contributed by atoms with Crippen molar-refractivity contribution in [3.8, 4) is 11.1 Å². The van der Waals surface area contributed by atoms with E-state index in [0.717, 1.165) is 13.1 Å². The van der Waals surface area contributed by atoms with E-state index in [1.54, 1.807) is 0 Å². The molecule has 2 atom stereocenters. The summed E-state index contributed by atoms with van der Waals surface area (Å²) in [6, 6.07) is 17.3. The summed E-state index contributed by atoms with van der Waals surface area (Å²) in [5.74, 6) is 0. The Kier molecular flexibility index (Phi) is 3.86. The molecule has 0 spiro atoms. The van der Waals surface area contributed by atoms with Crippen LogP contribution in [-0.2, 0) is 4.74 Å². The van der Waals surface area contributed by atoms with Crippen LogP contribution in [0.4, 0.5) is 0 Å². The zero-order valence-electron chi connectivity index (χ0n) is 12.1. The summed E-state index contributed by atoms with van der Waals surface area (Å²) >= 11 is 0. The zero-order valence-corrected chi connectivity index (χ0v) is 12.1. The molecule has 2 aromatic rings. The van der Waals surface area contributed by atoms with Crippen molar-refractivity contribution in [1.29, 1.82) is 0 Å². The van der Waals surface area contributed by atoms with Gasteiger partial charge in [-0.15, -0.1) is 0 Å². The van der Waals surface area contributed by atoms with E-state index in [9.17, 15) is 0 Å². The summed E-state index contributed by atoms with van der Waals surface area (Å²) in [6.45, 7) is 6.08. The van der Waals surface area contributed by atoms with Gasteiger partial charge in [0.2, 0.25) is 0 Å². The molecule has 0 aliphatic carbocycles. The standard InChI is InChI=1S/C18H21NO/c1-13-4-3-5-17(10-13)15-6-8-16(9-7-15)18-12-19-11-14(2)20-18/h3-10,14,18-19H,11-12H2,1-2H3. The zero-order chi connectivity index (χ0) is 13.9. The number of aryl methyl sites for hydroxylation is 1. The van der Waals surface area contributed by atoms with Gasteiger partial charge in [-0.1, -0.05) is 54.1 Å². The Bertz CT molecular complexity index is 576. The topological polar surface area (TPSA) is 21.3 Å². The van der Waals surface area contributed by atoms with Gasteiger partial charge in [-0.3, -0.25) is 0 Å². The third-order valence-electron chi connectivity index (χ3n) is 3.79. The number of nitrogens with one attached hydrogen (secondary N) is 1. The molecule has 2 unspecified atom stereocenters. The molecule has 2 nitrogen and oxygen atoms in total. The third-order valence-corrected chi connectivity index (χ3v) is 3.79. The highest BCUT2D eigenvalue weighted by Gasteiger charge is 2.20. The van der Waals surface area contributed by atoms with Crippen LogP contribution in [-0.4, -0.2) is 19.2 Å². The lowest BCUT2D eigenvalue weighted by molar-refractivity contribution is -0.0287. The van der Waals surface area contributed by atoms with Crippen molar-refractivity contribution in [3.05, 3.63) is 59.7 Å². The van der Waals surface area contributed by atoms with Gasteiger partial charge >= 0.3 is 0 Å². The van der Waals surface area contributed by atoms with Crippen LogP contribution in [0, 0.1) is 6.92 Å². The number of ether oxygens (including phenoxy) is 1. The van der Waals surface area contributed by atoms with E-state index in [1.807, 2.05) is 0 Å². The molecule has 104 valence electrons. The minimum absolute atomic E-state index is 0.172. The molecule has 0 saturated carbocycles. The molecular formula is C18H21NO. The smallest absolute Gasteiger partial charge is 0.0953 e. The largest absolute Gasteiger partial charge is 0.368 e. The van der Waals surface area contributed by atoms with Crippen LogP contribution < -0.4 is 5.32 Å². The molecule has 2 aromatic carbocycles. The highest BCUT2D eigenvalue weighted by Crippen LogP contribution is 2.25. The van der Waals surface area contributed by atoms with Crippen LogP contribution in [0.2, 0.25) is 0 Å². The van der Waals surface area contributed by atoms with Gasteiger partial charge in [-0.25, -0.2) is 0 Å². The maximum atomic E-state index is 5.97. The molecule has 0 radical (unpaired) electrons. The molecule has 3 rings (SSSR count). The van der Waals surface area contributed by atoms with E-state index >= 15 is 0 Å². The Morgan fingerprint density at radius 1 is 1.00 bits per heavy atom. The molecule has 0 amide bonds. The summed E-state index contributed by atoms with van der Waals surface area (Å²) in [6.07, 6.45) is 0.454. The molecule has 2 heteroatoms. The van der Waals surface area contributed by atoms with Crippen LogP contribution in [0.5, 0.6) is 0 Å². The molecule has 20 heavy (non-hydrogen) atoms. The Hall–Kier alpha value is -1.64. The lowest BCUT2D eigenvalue weighted by Crippen LogP contribution is -2.38. The fraction of sp³-hybridized carbons (Fsp3) is 0.333. The molecule has 1 saturated heterocycles. The van der Waals surface area contributed by atoms with Gasteiger partial charge < -0.3 is 10.1 Å².